The molecular weight excluding hydrogens is 313 g/mol. The Hall–Kier alpha value is -2.83. The number of aldehydes is 1. The Morgan fingerprint density at radius 3 is 2.04 bits per heavy atom. The number of halogens is 3. The first-order chi connectivity index (χ1) is 10.9. The molecule has 0 bridgehead atoms. The molecule has 0 saturated carbocycles. The summed E-state index contributed by atoms with van der Waals surface area (Å²) in [6.45, 7) is -1.40. The lowest BCUT2D eigenvalue weighted by Crippen LogP contribution is -2.19. The lowest BCUT2D eigenvalue weighted by atomic mass is 10.2. The van der Waals surface area contributed by atoms with E-state index in [0.717, 1.165) is 0 Å². The highest BCUT2D eigenvalue weighted by Crippen LogP contribution is 2.20. The maximum Gasteiger partial charge on any atom is 0.422 e. The maximum absolute atomic E-state index is 12.0. The third-order valence-electron chi connectivity index (χ3n) is 2.72. The summed E-state index contributed by atoms with van der Waals surface area (Å²) in [7, 11) is 0. The van der Waals surface area contributed by atoms with E-state index in [2.05, 4.69) is 4.74 Å². The zero-order chi connectivity index (χ0) is 16.9. The van der Waals surface area contributed by atoms with E-state index in [1.54, 1.807) is 0 Å². The van der Waals surface area contributed by atoms with Crippen LogP contribution in [-0.2, 0) is 0 Å². The lowest BCUT2D eigenvalue weighted by Gasteiger charge is -2.09. The minimum Gasteiger partial charge on any atom is -0.484 e. The van der Waals surface area contributed by atoms with Gasteiger partial charge in [0.1, 0.15) is 17.8 Å². The number of hydrogen-bond acceptors (Lipinski definition) is 4. The molecule has 0 atom stereocenters. The van der Waals surface area contributed by atoms with Crippen LogP contribution >= 0.6 is 0 Å². The van der Waals surface area contributed by atoms with Crippen LogP contribution in [0.5, 0.6) is 11.5 Å². The topological polar surface area (TPSA) is 52.6 Å². The van der Waals surface area contributed by atoms with Gasteiger partial charge in [0, 0.05) is 5.56 Å². The third-order valence-corrected chi connectivity index (χ3v) is 2.72. The summed E-state index contributed by atoms with van der Waals surface area (Å²) in [6, 6.07) is 11.0. The molecule has 23 heavy (non-hydrogen) atoms. The number of hydrogen-bond donors (Lipinski definition) is 0. The molecule has 0 saturated heterocycles. The van der Waals surface area contributed by atoms with E-state index < -0.39 is 18.8 Å². The Kier molecular flexibility index (Phi) is 5.00. The molecule has 0 aliphatic heterocycles. The molecule has 7 heteroatoms. The average Bonchev–Trinajstić information content (AvgIpc) is 2.53. The van der Waals surface area contributed by atoms with Crippen LogP contribution in [0.2, 0.25) is 0 Å². The van der Waals surface area contributed by atoms with Crippen LogP contribution in [0.4, 0.5) is 13.2 Å². The van der Waals surface area contributed by atoms with E-state index >= 15 is 0 Å². The third kappa shape index (κ3) is 5.14. The van der Waals surface area contributed by atoms with Crippen LogP contribution in [0.25, 0.3) is 0 Å². The van der Waals surface area contributed by atoms with E-state index in [4.69, 9.17) is 4.74 Å². The molecule has 0 spiro atoms. The summed E-state index contributed by atoms with van der Waals surface area (Å²) in [6.07, 6.45) is -3.77. The smallest absolute Gasteiger partial charge is 0.422 e. The van der Waals surface area contributed by atoms with E-state index in [9.17, 15) is 22.8 Å². The van der Waals surface area contributed by atoms with Gasteiger partial charge in [-0.15, -0.1) is 0 Å². The van der Waals surface area contributed by atoms with Crippen LogP contribution in [0.3, 0.4) is 0 Å². The molecule has 2 aromatic rings. The summed E-state index contributed by atoms with van der Waals surface area (Å²) < 4.78 is 45.7. The fourth-order valence-electron chi connectivity index (χ4n) is 1.63. The van der Waals surface area contributed by atoms with Gasteiger partial charge in [-0.2, -0.15) is 13.2 Å². The summed E-state index contributed by atoms with van der Waals surface area (Å²) in [5.74, 6) is -0.432. The largest absolute Gasteiger partial charge is 0.484 e. The summed E-state index contributed by atoms with van der Waals surface area (Å²) in [5, 5.41) is 0. The Balaban J connectivity index is 1.97. The van der Waals surface area contributed by atoms with Gasteiger partial charge in [0.25, 0.3) is 0 Å². The van der Waals surface area contributed by atoms with Crippen molar-refractivity contribution in [3.05, 3.63) is 59.7 Å². The fraction of sp³-hybridized carbons (Fsp3) is 0.125. The van der Waals surface area contributed by atoms with Crippen molar-refractivity contribution in [2.24, 2.45) is 0 Å². The van der Waals surface area contributed by atoms with Crippen molar-refractivity contribution in [2.75, 3.05) is 6.61 Å². The molecule has 0 heterocycles. The van der Waals surface area contributed by atoms with Gasteiger partial charge < -0.3 is 9.47 Å². The van der Waals surface area contributed by atoms with Gasteiger partial charge in [-0.3, -0.25) is 4.79 Å². The molecule has 2 rings (SSSR count). The molecule has 4 nitrogen and oxygen atoms in total. The highest BCUT2D eigenvalue weighted by molar-refractivity contribution is 5.91. The zero-order valence-electron chi connectivity index (χ0n) is 11.7. The van der Waals surface area contributed by atoms with Crippen molar-refractivity contribution in [1.29, 1.82) is 0 Å². The second kappa shape index (κ2) is 6.95. The standard InChI is InChI=1S/C16H11F3O4/c17-16(18,19)10-22-13-7-3-12(4-8-13)15(21)23-14-5-1-11(9-20)2-6-14/h1-9H,10H2. The first-order valence-electron chi connectivity index (χ1n) is 6.44. The Morgan fingerprint density at radius 2 is 1.52 bits per heavy atom. The minimum absolute atomic E-state index is 0.00536. The molecule has 0 radical (unpaired) electrons. The molecule has 0 fully saturated rings. The van der Waals surface area contributed by atoms with E-state index in [1.807, 2.05) is 0 Å². The molecular formula is C16H11F3O4. The number of carbonyl (C=O) groups excluding carboxylic acids is 2. The molecule has 0 aliphatic rings. The van der Waals surface area contributed by atoms with Crippen LogP contribution in [-0.4, -0.2) is 25.0 Å². The monoisotopic (exact) mass is 324 g/mol. The maximum atomic E-state index is 12.0. The molecule has 0 N–H and O–H groups in total. The van der Waals surface area contributed by atoms with Crippen LogP contribution in [0, 0.1) is 0 Å². The van der Waals surface area contributed by atoms with Crippen molar-refractivity contribution in [1.82, 2.24) is 0 Å². The summed E-state index contributed by atoms with van der Waals surface area (Å²) in [5.41, 5.74) is 0.597. The predicted molar refractivity (Wildman–Crippen MR) is 74.8 cm³/mol. The van der Waals surface area contributed by atoms with Crippen LogP contribution in [0.1, 0.15) is 20.7 Å². The normalized spacial score (nSPS) is 10.9. The van der Waals surface area contributed by atoms with Gasteiger partial charge in [-0.25, -0.2) is 4.79 Å². The van der Waals surface area contributed by atoms with Crippen molar-refractivity contribution >= 4 is 12.3 Å². The van der Waals surface area contributed by atoms with Gasteiger partial charge in [-0.05, 0) is 48.5 Å². The van der Waals surface area contributed by atoms with Crippen molar-refractivity contribution < 1.29 is 32.2 Å². The van der Waals surface area contributed by atoms with Crippen molar-refractivity contribution in [2.45, 2.75) is 6.18 Å². The Morgan fingerprint density at radius 1 is 0.957 bits per heavy atom. The lowest BCUT2D eigenvalue weighted by molar-refractivity contribution is -0.153. The zero-order valence-corrected chi connectivity index (χ0v) is 11.7. The second-order valence-electron chi connectivity index (χ2n) is 4.50. The quantitative estimate of drug-likeness (QED) is 0.478. The predicted octanol–water partition coefficient (Wildman–Crippen LogP) is 3.66. The minimum atomic E-state index is -4.43. The van der Waals surface area contributed by atoms with E-state index in [-0.39, 0.29) is 17.1 Å². The molecule has 0 amide bonds. The first kappa shape index (κ1) is 16.5. The van der Waals surface area contributed by atoms with Crippen molar-refractivity contribution in [3.8, 4) is 11.5 Å². The number of ether oxygens (including phenoxy) is 2. The van der Waals surface area contributed by atoms with Gasteiger partial charge in [0.2, 0.25) is 0 Å². The molecule has 2 aromatic carbocycles. The average molecular weight is 324 g/mol. The van der Waals surface area contributed by atoms with Gasteiger partial charge in [-0.1, -0.05) is 0 Å². The second-order valence-corrected chi connectivity index (χ2v) is 4.50. The van der Waals surface area contributed by atoms with E-state index in [0.29, 0.717) is 11.8 Å². The number of esters is 1. The van der Waals surface area contributed by atoms with Gasteiger partial charge in [0.15, 0.2) is 6.61 Å². The van der Waals surface area contributed by atoms with Gasteiger partial charge >= 0.3 is 12.1 Å². The fourth-order valence-corrected chi connectivity index (χ4v) is 1.63. The Bertz CT molecular complexity index is 676. The van der Waals surface area contributed by atoms with E-state index in [1.165, 1.54) is 48.5 Å². The Labute approximate surface area is 129 Å². The number of alkyl halides is 3. The molecule has 120 valence electrons. The van der Waals surface area contributed by atoms with Gasteiger partial charge in [0.05, 0.1) is 5.56 Å². The molecule has 0 aromatic heterocycles. The first-order valence-corrected chi connectivity index (χ1v) is 6.44. The van der Waals surface area contributed by atoms with Crippen LogP contribution in [0.15, 0.2) is 48.5 Å². The number of benzene rings is 2. The highest BCUT2D eigenvalue weighted by atomic mass is 19.4. The van der Waals surface area contributed by atoms with Crippen LogP contribution < -0.4 is 9.47 Å². The summed E-state index contributed by atoms with van der Waals surface area (Å²) >= 11 is 0. The highest BCUT2D eigenvalue weighted by Gasteiger charge is 2.28. The molecule has 0 unspecified atom stereocenters. The number of carbonyl (C=O) groups is 2. The number of rotatable bonds is 5. The summed E-state index contributed by atoms with van der Waals surface area (Å²) in [4.78, 5) is 22.4. The molecule has 0 aliphatic carbocycles. The SMILES string of the molecule is O=Cc1ccc(OC(=O)c2ccc(OCC(F)(F)F)cc2)cc1. The van der Waals surface area contributed by atoms with Crippen molar-refractivity contribution in [3.63, 3.8) is 0 Å².